The Bertz CT molecular complexity index is 940. The molecule has 3 N–H and O–H groups in total. The lowest BCUT2D eigenvalue weighted by Gasteiger charge is -2.26. The molecule has 0 saturated carbocycles. The summed E-state index contributed by atoms with van der Waals surface area (Å²) in [4.78, 5) is 37.2. The van der Waals surface area contributed by atoms with E-state index in [1.54, 1.807) is 12.1 Å². The summed E-state index contributed by atoms with van der Waals surface area (Å²) in [6.45, 7) is 5.26. The third kappa shape index (κ3) is 7.58. The first-order valence-electron chi connectivity index (χ1n) is 10.9. The largest absolute Gasteiger partial charge is 0.494 e. The molecular weight excluding hydrogens is 424 g/mol. The summed E-state index contributed by atoms with van der Waals surface area (Å²) >= 11 is 0. The van der Waals surface area contributed by atoms with E-state index in [1.165, 1.54) is 7.05 Å². The van der Waals surface area contributed by atoms with Crippen LogP contribution in [0.25, 0.3) is 11.1 Å². The molecular formula is C24H30N4O5. The number of hydrogen-bond donors (Lipinski definition) is 2. The van der Waals surface area contributed by atoms with E-state index in [0.29, 0.717) is 12.2 Å². The normalized spacial score (nSPS) is 13.8. The Morgan fingerprint density at radius 1 is 1.03 bits per heavy atom. The molecule has 0 aliphatic carbocycles. The van der Waals surface area contributed by atoms with E-state index in [-0.39, 0.29) is 0 Å². The van der Waals surface area contributed by atoms with Gasteiger partial charge in [0.25, 0.3) is 5.91 Å². The Kier molecular flexibility index (Phi) is 8.79. The third-order valence-electron chi connectivity index (χ3n) is 5.24. The fraction of sp³-hybridized carbons (Fsp3) is 0.375. The van der Waals surface area contributed by atoms with Gasteiger partial charge in [-0.1, -0.05) is 24.3 Å². The number of carbonyl (C=O) groups excluding carboxylic acids is 3. The van der Waals surface area contributed by atoms with Gasteiger partial charge in [0.05, 0.1) is 19.8 Å². The predicted molar refractivity (Wildman–Crippen MR) is 123 cm³/mol. The maximum Gasteiger partial charge on any atom is 0.272 e. The quantitative estimate of drug-likeness (QED) is 0.337. The Labute approximate surface area is 193 Å². The SMILES string of the molecule is CN(NC(=O)CC(N)=O)C(=O)c1ccc(-c2ccc(OCCCN3CCOCC3)cc2)cc1. The Morgan fingerprint density at radius 2 is 1.64 bits per heavy atom. The molecule has 9 nitrogen and oxygen atoms in total. The Hall–Kier alpha value is -3.43. The molecule has 33 heavy (non-hydrogen) atoms. The summed E-state index contributed by atoms with van der Waals surface area (Å²) in [7, 11) is 1.41. The molecule has 2 aromatic carbocycles. The minimum absolute atomic E-state index is 0.403. The van der Waals surface area contributed by atoms with Crippen molar-refractivity contribution in [3.8, 4) is 16.9 Å². The van der Waals surface area contributed by atoms with Gasteiger partial charge in [0, 0.05) is 32.2 Å². The van der Waals surface area contributed by atoms with E-state index in [4.69, 9.17) is 15.2 Å². The number of nitrogens with two attached hydrogens (primary N) is 1. The van der Waals surface area contributed by atoms with Crippen molar-refractivity contribution in [2.24, 2.45) is 5.73 Å². The van der Waals surface area contributed by atoms with Crippen LogP contribution in [0.4, 0.5) is 0 Å². The highest BCUT2D eigenvalue weighted by molar-refractivity contribution is 5.99. The number of ether oxygens (including phenoxy) is 2. The molecule has 0 radical (unpaired) electrons. The monoisotopic (exact) mass is 454 g/mol. The zero-order valence-corrected chi connectivity index (χ0v) is 18.8. The molecule has 0 bridgehead atoms. The predicted octanol–water partition coefficient (Wildman–Crippen LogP) is 1.43. The second-order valence-corrected chi connectivity index (χ2v) is 7.80. The highest BCUT2D eigenvalue weighted by atomic mass is 16.5. The second-order valence-electron chi connectivity index (χ2n) is 7.80. The number of benzene rings is 2. The third-order valence-corrected chi connectivity index (χ3v) is 5.24. The molecule has 1 fully saturated rings. The summed E-state index contributed by atoms with van der Waals surface area (Å²) in [5.41, 5.74) is 9.65. The number of hydrazine groups is 1. The number of nitrogens with one attached hydrogen (secondary N) is 1. The van der Waals surface area contributed by atoms with Crippen LogP contribution < -0.4 is 15.9 Å². The van der Waals surface area contributed by atoms with Crippen LogP contribution in [0.3, 0.4) is 0 Å². The zero-order chi connectivity index (χ0) is 23.6. The summed E-state index contributed by atoms with van der Waals surface area (Å²) in [5, 5.41) is 1.03. The number of morpholine rings is 1. The summed E-state index contributed by atoms with van der Waals surface area (Å²) in [6.07, 6.45) is 0.485. The van der Waals surface area contributed by atoms with Crippen molar-refractivity contribution in [2.45, 2.75) is 12.8 Å². The lowest BCUT2D eigenvalue weighted by Crippen LogP contribution is -2.44. The van der Waals surface area contributed by atoms with Gasteiger partial charge in [0.15, 0.2) is 0 Å². The van der Waals surface area contributed by atoms with Crippen molar-refractivity contribution in [2.75, 3.05) is 46.5 Å². The summed E-state index contributed by atoms with van der Waals surface area (Å²) < 4.78 is 11.2. The maximum atomic E-state index is 12.5. The van der Waals surface area contributed by atoms with Crippen molar-refractivity contribution < 1.29 is 23.9 Å². The molecule has 1 aliphatic rings. The molecule has 0 unspecified atom stereocenters. The van der Waals surface area contributed by atoms with Crippen molar-refractivity contribution in [3.05, 3.63) is 54.1 Å². The molecule has 0 atom stereocenters. The number of carbonyl (C=O) groups is 3. The average molecular weight is 455 g/mol. The van der Waals surface area contributed by atoms with Crippen LogP contribution in [0.2, 0.25) is 0 Å². The van der Waals surface area contributed by atoms with Crippen LogP contribution in [-0.2, 0) is 14.3 Å². The van der Waals surface area contributed by atoms with Crippen molar-refractivity contribution >= 4 is 17.7 Å². The number of amides is 3. The number of primary amides is 1. The van der Waals surface area contributed by atoms with Crippen LogP contribution >= 0.6 is 0 Å². The fourth-order valence-corrected chi connectivity index (χ4v) is 3.48. The van der Waals surface area contributed by atoms with E-state index in [1.807, 2.05) is 36.4 Å². The van der Waals surface area contributed by atoms with E-state index >= 15 is 0 Å². The molecule has 2 aromatic rings. The van der Waals surface area contributed by atoms with Crippen molar-refractivity contribution in [3.63, 3.8) is 0 Å². The van der Waals surface area contributed by atoms with Crippen LogP contribution in [0.15, 0.2) is 48.5 Å². The molecule has 1 saturated heterocycles. The van der Waals surface area contributed by atoms with E-state index in [0.717, 1.165) is 61.2 Å². The van der Waals surface area contributed by atoms with Gasteiger partial charge in [-0.2, -0.15) is 0 Å². The standard InChI is InChI=1S/C24H30N4O5/c1-27(26-23(30)17-22(25)29)24(31)20-5-3-18(4-6-20)19-7-9-21(10-8-19)33-14-2-11-28-12-15-32-16-13-28/h3-10H,2,11-17H2,1H3,(H2,25,29)(H,26,30). The van der Waals surface area contributed by atoms with Gasteiger partial charge >= 0.3 is 0 Å². The first kappa shape index (κ1) is 24.2. The van der Waals surface area contributed by atoms with Gasteiger partial charge in [-0.25, -0.2) is 0 Å². The van der Waals surface area contributed by atoms with Gasteiger partial charge in [-0.15, -0.1) is 0 Å². The van der Waals surface area contributed by atoms with E-state index in [2.05, 4.69) is 10.3 Å². The van der Waals surface area contributed by atoms with Crippen LogP contribution in [0.5, 0.6) is 5.75 Å². The Morgan fingerprint density at radius 3 is 2.24 bits per heavy atom. The lowest BCUT2D eigenvalue weighted by atomic mass is 10.0. The molecule has 3 rings (SSSR count). The van der Waals surface area contributed by atoms with E-state index in [9.17, 15) is 14.4 Å². The molecule has 1 heterocycles. The topological polar surface area (TPSA) is 114 Å². The Balaban J connectivity index is 1.48. The first-order chi connectivity index (χ1) is 15.9. The highest BCUT2D eigenvalue weighted by Gasteiger charge is 2.15. The first-order valence-corrected chi connectivity index (χ1v) is 10.9. The van der Waals surface area contributed by atoms with Crippen molar-refractivity contribution in [1.82, 2.24) is 15.3 Å². The highest BCUT2D eigenvalue weighted by Crippen LogP contribution is 2.23. The minimum Gasteiger partial charge on any atom is -0.494 e. The summed E-state index contributed by atoms with van der Waals surface area (Å²) in [5.74, 6) is -0.985. The average Bonchev–Trinajstić information content (AvgIpc) is 2.82. The number of rotatable bonds is 9. The molecule has 9 heteroatoms. The molecule has 0 spiro atoms. The van der Waals surface area contributed by atoms with Gasteiger partial charge in [0.2, 0.25) is 11.8 Å². The van der Waals surface area contributed by atoms with Crippen LogP contribution in [0.1, 0.15) is 23.2 Å². The van der Waals surface area contributed by atoms with Gasteiger partial charge in [-0.05, 0) is 41.8 Å². The van der Waals surface area contributed by atoms with Crippen LogP contribution in [-0.4, -0.2) is 74.1 Å². The molecule has 176 valence electrons. The number of hydrogen-bond acceptors (Lipinski definition) is 6. The molecule has 3 amide bonds. The van der Waals surface area contributed by atoms with Gasteiger partial charge < -0.3 is 15.2 Å². The lowest BCUT2D eigenvalue weighted by molar-refractivity contribution is -0.129. The second kappa shape index (κ2) is 12.0. The fourth-order valence-electron chi connectivity index (χ4n) is 3.48. The molecule has 1 aliphatic heterocycles. The summed E-state index contributed by atoms with van der Waals surface area (Å²) in [6, 6.07) is 14.9. The maximum absolute atomic E-state index is 12.5. The minimum atomic E-state index is -0.762. The zero-order valence-electron chi connectivity index (χ0n) is 18.8. The smallest absolute Gasteiger partial charge is 0.272 e. The number of nitrogens with zero attached hydrogens (tertiary/aromatic N) is 2. The van der Waals surface area contributed by atoms with Gasteiger partial charge in [-0.3, -0.25) is 29.7 Å². The molecule has 0 aromatic heterocycles. The van der Waals surface area contributed by atoms with Gasteiger partial charge in [0.1, 0.15) is 12.2 Å². The van der Waals surface area contributed by atoms with Crippen LogP contribution in [0, 0.1) is 0 Å². The van der Waals surface area contributed by atoms with E-state index < -0.39 is 24.1 Å². The van der Waals surface area contributed by atoms with Crippen molar-refractivity contribution in [1.29, 1.82) is 0 Å².